The Morgan fingerprint density at radius 3 is 2.35 bits per heavy atom. The van der Waals surface area contributed by atoms with E-state index in [2.05, 4.69) is 20.3 Å². The Morgan fingerprint density at radius 2 is 1.70 bits per heavy atom. The Morgan fingerprint density at radius 1 is 0.975 bits per heavy atom. The molecule has 40 heavy (non-hydrogen) atoms. The molecule has 1 aromatic carbocycles. The second-order valence-electron chi connectivity index (χ2n) is 9.21. The van der Waals surface area contributed by atoms with Gasteiger partial charge in [0, 0.05) is 44.8 Å². The van der Waals surface area contributed by atoms with Crippen LogP contribution in [-0.2, 0) is 14.8 Å². The van der Waals surface area contributed by atoms with Gasteiger partial charge in [0.25, 0.3) is 0 Å². The van der Waals surface area contributed by atoms with E-state index in [-0.39, 0.29) is 0 Å². The second-order valence-corrected chi connectivity index (χ2v) is 12.2. The number of fused-ring (bicyclic) bond motifs is 1. The van der Waals surface area contributed by atoms with Gasteiger partial charge in [0.1, 0.15) is 0 Å². The SMILES string of the molecule is COc1ccc(/C=N/Nc2nc(N3CCOCC3)c3sc(N4CCN(S(C)(=O)=O)CC4)cc3n2)c(OC)c1OC. The van der Waals surface area contributed by atoms with Gasteiger partial charge in [-0.15, -0.1) is 11.3 Å². The summed E-state index contributed by atoms with van der Waals surface area (Å²) in [5, 5.41) is 5.41. The lowest BCUT2D eigenvalue weighted by Gasteiger charge is -2.33. The van der Waals surface area contributed by atoms with Crippen molar-refractivity contribution in [1.29, 1.82) is 0 Å². The van der Waals surface area contributed by atoms with Crippen molar-refractivity contribution in [1.82, 2.24) is 14.3 Å². The van der Waals surface area contributed by atoms with E-state index in [9.17, 15) is 8.42 Å². The molecule has 1 N–H and O–H groups in total. The Balaban J connectivity index is 1.43. The Labute approximate surface area is 237 Å². The molecule has 0 bridgehead atoms. The zero-order chi connectivity index (χ0) is 28.3. The predicted molar refractivity (Wildman–Crippen MR) is 156 cm³/mol. The summed E-state index contributed by atoms with van der Waals surface area (Å²) in [5.74, 6) is 2.71. The van der Waals surface area contributed by atoms with Gasteiger partial charge in [0.2, 0.25) is 21.7 Å². The molecule has 3 aromatic rings. The first kappa shape index (κ1) is 28.1. The van der Waals surface area contributed by atoms with Crippen LogP contribution >= 0.6 is 11.3 Å². The van der Waals surface area contributed by atoms with Gasteiger partial charge >= 0.3 is 0 Å². The van der Waals surface area contributed by atoms with Crippen LogP contribution in [0.25, 0.3) is 10.2 Å². The van der Waals surface area contributed by atoms with Crippen LogP contribution in [-0.4, -0.2) is 109 Å². The molecule has 2 saturated heterocycles. The van der Waals surface area contributed by atoms with Gasteiger partial charge in [0.15, 0.2) is 17.3 Å². The number of rotatable bonds is 9. The van der Waals surface area contributed by atoms with E-state index in [1.807, 2.05) is 12.1 Å². The van der Waals surface area contributed by atoms with Crippen molar-refractivity contribution >= 4 is 54.6 Å². The quantitative estimate of drug-likeness (QED) is 0.290. The number of hydrogen-bond acceptors (Lipinski definition) is 13. The highest BCUT2D eigenvalue weighted by atomic mass is 32.2. The Kier molecular flexibility index (Phi) is 8.44. The molecule has 0 spiro atoms. The third-order valence-corrected chi connectivity index (χ3v) is 9.26. The van der Waals surface area contributed by atoms with E-state index in [1.165, 1.54) is 10.6 Å². The number of nitrogens with one attached hydrogen (secondary N) is 1. The van der Waals surface area contributed by atoms with E-state index >= 15 is 0 Å². The Hall–Kier alpha value is -3.40. The van der Waals surface area contributed by atoms with Crippen LogP contribution in [0.15, 0.2) is 23.3 Å². The number of nitrogens with zero attached hydrogens (tertiary/aromatic N) is 6. The molecule has 2 aliphatic heterocycles. The number of hydrogen-bond donors (Lipinski definition) is 1. The van der Waals surface area contributed by atoms with Gasteiger partial charge in [-0.25, -0.2) is 18.8 Å². The first-order valence-electron chi connectivity index (χ1n) is 12.7. The van der Waals surface area contributed by atoms with Gasteiger partial charge in [-0.3, -0.25) is 0 Å². The van der Waals surface area contributed by atoms with Crippen molar-refractivity contribution in [2.75, 3.05) is 95.3 Å². The summed E-state index contributed by atoms with van der Waals surface area (Å²) in [6, 6.07) is 5.64. The fourth-order valence-corrected chi connectivity index (χ4v) is 6.72. The molecule has 2 aliphatic rings. The topological polar surface area (TPSA) is 131 Å². The molecule has 0 aliphatic carbocycles. The number of aromatic nitrogens is 2. The number of piperazine rings is 1. The summed E-state index contributed by atoms with van der Waals surface area (Å²) in [7, 11) is 1.48. The van der Waals surface area contributed by atoms with E-state index in [4.69, 9.17) is 28.9 Å². The molecule has 0 amide bonds. The number of morpholine rings is 1. The van der Waals surface area contributed by atoms with Gasteiger partial charge in [0.05, 0.1) is 62.2 Å². The molecule has 0 saturated carbocycles. The molecule has 0 unspecified atom stereocenters. The van der Waals surface area contributed by atoms with Crippen LogP contribution in [0.3, 0.4) is 0 Å². The number of thiophene rings is 1. The molecule has 5 rings (SSSR count). The lowest BCUT2D eigenvalue weighted by Crippen LogP contribution is -2.48. The molecule has 4 heterocycles. The molecule has 2 fully saturated rings. The molecular formula is C25H33N7O6S2. The first-order valence-corrected chi connectivity index (χ1v) is 15.4. The number of sulfonamides is 1. The number of anilines is 3. The minimum absolute atomic E-state index is 0.357. The lowest BCUT2D eigenvalue weighted by molar-refractivity contribution is 0.122. The molecule has 216 valence electrons. The van der Waals surface area contributed by atoms with Crippen LogP contribution in [0.1, 0.15) is 5.56 Å². The van der Waals surface area contributed by atoms with Crippen molar-refractivity contribution in [3.8, 4) is 17.2 Å². The second kappa shape index (κ2) is 12.0. The molecular weight excluding hydrogens is 558 g/mol. The van der Waals surface area contributed by atoms with E-state index in [0.29, 0.717) is 68.2 Å². The van der Waals surface area contributed by atoms with Crippen molar-refractivity contribution in [3.63, 3.8) is 0 Å². The fraction of sp³-hybridized carbons (Fsp3) is 0.480. The normalized spacial score (nSPS) is 17.0. The molecule has 0 atom stereocenters. The van der Waals surface area contributed by atoms with Crippen LogP contribution in [0.2, 0.25) is 0 Å². The number of ether oxygens (including phenoxy) is 4. The van der Waals surface area contributed by atoms with Gasteiger partial charge in [-0.2, -0.15) is 14.4 Å². The number of hydrazone groups is 1. The highest BCUT2D eigenvalue weighted by Crippen LogP contribution is 2.40. The van der Waals surface area contributed by atoms with Gasteiger partial charge in [-0.05, 0) is 18.2 Å². The maximum absolute atomic E-state index is 11.9. The molecule has 0 radical (unpaired) electrons. The monoisotopic (exact) mass is 591 g/mol. The maximum Gasteiger partial charge on any atom is 0.246 e. The van der Waals surface area contributed by atoms with Crippen molar-refractivity contribution in [3.05, 3.63) is 23.8 Å². The summed E-state index contributed by atoms with van der Waals surface area (Å²) in [5.41, 5.74) is 4.46. The lowest BCUT2D eigenvalue weighted by atomic mass is 10.2. The highest BCUT2D eigenvalue weighted by Gasteiger charge is 2.26. The average molecular weight is 592 g/mol. The summed E-state index contributed by atoms with van der Waals surface area (Å²) >= 11 is 1.62. The predicted octanol–water partition coefficient (Wildman–Crippen LogP) is 2.08. The zero-order valence-corrected chi connectivity index (χ0v) is 24.5. The van der Waals surface area contributed by atoms with E-state index < -0.39 is 10.0 Å². The van der Waals surface area contributed by atoms with Crippen molar-refractivity contribution < 1.29 is 27.4 Å². The standard InChI is InChI=1S/C25H33N7O6S2/c1-35-19-6-5-17(21(36-2)22(19)37-3)16-26-29-25-27-18-15-20(30-7-9-32(10-8-30)40(4,33)34)39-23(18)24(28-25)31-11-13-38-14-12-31/h5-6,15-16H,7-14H2,1-4H3,(H,27,28,29)/b26-16+. The maximum atomic E-state index is 11.9. The van der Waals surface area contributed by atoms with Crippen LogP contribution in [0.4, 0.5) is 16.8 Å². The van der Waals surface area contributed by atoms with Gasteiger partial charge in [-0.1, -0.05) is 0 Å². The number of methoxy groups -OCH3 is 3. The van der Waals surface area contributed by atoms with E-state index in [0.717, 1.165) is 34.1 Å². The smallest absolute Gasteiger partial charge is 0.246 e. The van der Waals surface area contributed by atoms with Crippen molar-refractivity contribution in [2.45, 2.75) is 0 Å². The summed E-state index contributed by atoms with van der Waals surface area (Å²) in [6.45, 7) is 4.82. The summed E-state index contributed by atoms with van der Waals surface area (Å²) in [6.07, 6.45) is 2.87. The summed E-state index contributed by atoms with van der Waals surface area (Å²) < 4.78 is 48.3. The first-order chi connectivity index (χ1) is 19.3. The highest BCUT2D eigenvalue weighted by molar-refractivity contribution is 7.88. The summed E-state index contributed by atoms with van der Waals surface area (Å²) in [4.78, 5) is 14.0. The van der Waals surface area contributed by atoms with Crippen LogP contribution < -0.4 is 29.4 Å². The van der Waals surface area contributed by atoms with Gasteiger partial charge < -0.3 is 28.7 Å². The molecule has 13 nitrogen and oxygen atoms in total. The molecule has 2 aromatic heterocycles. The van der Waals surface area contributed by atoms with E-state index in [1.54, 1.807) is 44.9 Å². The van der Waals surface area contributed by atoms with Crippen molar-refractivity contribution in [2.24, 2.45) is 5.10 Å². The third-order valence-electron chi connectivity index (χ3n) is 6.77. The van der Waals surface area contributed by atoms with Crippen LogP contribution in [0.5, 0.6) is 17.2 Å². The average Bonchev–Trinajstić information content (AvgIpc) is 3.40. The minimum atomic E-state index is -3.20. The van der Waals surface area contributed by atoms with Crippen LogP contribution in [0, 0.1) is 0 Å². The largest absolute Gasteiger partial charge is 0.493 e. The third kappa shape index (κ3) is 5.87. The fourth-order valence-electron chi connectivity index (χ4n) is 4.72. The Bertz CT molecular complexity index is 1480. The zero-order valence-electron chi connectivity index (χ0n) is 22.9. The molecule has 15 heteroatoms. The minimum Gasteiger partial charge on any atom is -0.493 e. The number of benzene rings is 1.